The lowest BCUT2D eigenvalue weighted by atomic mass is 10.1. The molecule has 32 heavy (non-hydrogen) atoms. The van der Waals surface area contributed by atoms with Gasteiger partial charge in [0, 0.05) is 55.1 Å². The molecule has 0 bridgehead atoms. The van der Waals surface area contributed by atoms with Gasteiger partial charge in [-0.15, -0.1) is 11.3 Å². The quantitative estimate of drug-likeness (QED) is 0.484. The van der Waals surface area contributed by atoms with Gasteiger partial charge in [-0.2, -0.15) is 5.10 Å². The van der Waals surface area contributed by atoms with E-state index in [-0.39, 0.29) is 5.91 Å². The number of benzene rings is 1. The van der Waals surface area contributed by atoms with E-state index in [1.54, 1.807) is 29.0 Å². The zero-order chi connectivity index (χ0) is 21.5. The Kier molecular flexibility index (Phi) is 4.88. The summed E-state index contributed by atoms with van der Waals surface area (Å²) in [4.78, 5) is 23.3. The van der Waals surface area contributed by atoms with E-state index >= 15 is 0 Å². The first-order valence-electron chi connectivity index (χ1n) is 10.8. The Morgan fingerprint density at radius 1 is 1.12 bits per heavy atom. The number of amides is 1. The highest BCUT2D eigenvalue weighted by Gasteiger charge is 2.24. The van der Waals surface area contributed by atoms with Crippen LogP contribution >= 0.6 is 11.3 Å². The van der Waals surface area contributed by atoms with Crippen LogP contribution < -0.4 is 4.74 Å². The molecule has 5 heterocycles. The standard InChI is InChI=1S/C24H23N5O2S/c30-24(20-13-23-25-6-1-7-29(23)26-20)28-9-10-31-21-3-2-17(12-19(21)16-28)14-27-8-4-22-18(15-27)5-11-32-22/h1-3,5-7,11-13H,4,8-10,14-16H2. The van der Waals surface area contributed by atoms with Crippen molar-refractivity contribution in [2.24, 2.45) is 0 Å². The molecule has 0 radical (unpaired) electrons. The molecule has 3 aromatic heterocycles. The number of nitrogens with zero attached hydrogens (tertiary/aromatic N) is 5. The van der Waals surface area contributed by atoms with Crippen molar-refractivity contribution in [3.05, 3.63) is 81.4 Å². The van der Waals surface area contributed by atoms with E-state index in [4.69, 9.17) is 4.74 Å². The number of carbonyl (C=O) groups is 1. The summed E-state index contributed by atoms with van der Waals surface area (Å²) >= 11 is 1.87. The molecule has 7 nitrogen and oxygen atoms in total. The van der Waals surface area contributed by atoms with Gasteiger partial charge in [-0.25, -0.2) is 9.50 Å². The van der Waals surface area contributed by atoms with Crippen LogP contribution in [0, 0.1) is 0 Å². The van der Waals surface area contributed by atoms with Crippen molar-refractivity contribution in [3.63, 3.8) is 0 Å². The normalized spacial score (nSPS) is 16.3. The fourth-order valence-corrected chi connectivity index (χ4v) is 5.41. The molecule has 0 saturated carbocycles. The lowest BCUT2D eigenvalue weighted by molar-refractivity contribution is 0.0727. The number of hydrogen-bond acceptors (Lipinski definition) is 6. The highest BCUT2D eigenvalue weighted by Crippen LogP contribution is 2.28. The average Bonchev–Trinajstić information content (AvgIpc) is 3.40. The van der Waals surface area contributed by atoms with Gasteiger partial charge in [0.25, 0.3) is 5.91 Å². The fraction of sp³-hybridized carbons (Fsp3) is 0.292. The Morgan fingerprint density at radius 2 is 2.09 bits per heavy atom. The van der Waals surface area contributed by atoms with Crippen molar-refractivity contribution in [2.45, 2.75) is 26.1 Å². The minimum absolute atomic E-state index is 0.0987. The van der Waals surface area contributed by atoms with Gasteiger partial charge in [-0.1, -0.05) is 6.07 Å². The van der Waals surface area contributed by atoms with Crippen LogP contribution in [0.1, 0.15) is 32.1 Å². The van der Waals surface area contributed by atoms with E-state index in [1.807, 2.05) is 22.3 Å². The van der Waals surface area contributed by atoms with E-state index < -0.39 is 0 Å². The van der Waals surface area contributed by atoms with Gasteiger partial charge in [0.05, 0.1) is 6.54 Å². The maximum Gasteiger partial charge on any atom is 0.274 e. The second-order valence-corrected chi connectivity index (χ2v) is 9.30. The molecule has 0 unspecified atom stereocenters. The highest BCUT2D eigenvalue weighted by molar-refractivity contribution is 7.10. The number of thiophene rings is 1. The van der Waals surface area contributed by atoms with Crippen LogP contribution in [-0.4, -0.2) is 50.0 Å². The number of carbonyl (C=O) groups excluding carboxylic acids is 1. The summed E-state index contributed by atoms with van der Waals surface area (Å²) in [7, 11) is 0. The molecule has 8 heteroatoms. The molecule has 1 aromatic carbocycles. The fourth-order valence-electron chi connectivity index (χ4n) is 4.52. The zero-order valence-corrected chi connectivity index (χ0v) is 18.4. The Bertz CT molecular complexity index is 1260. The van der Waals surface area contributed by atoms with Crippen molar-refractivity contribution >= 4 is 22.9 Å². The van der Waals surface area contributed by atoms with Crippen LogP contribution in [0.25, 0.3) is 5.65 Å². The number of hydrogen-bond donors (Lipinski definition) is 0. The lowest BCUT2D eigenvalue weighted by Crippen LogP contribution is -2.32. The second-order valence-electron chi connectivity index (χ2n) is 8.30. The lowest BCUT2D eigenvalue weighted by Gasteiger charge is -2.27. The molecule has 2 aliphatic rings. The summed E-state index contributed by atoms with van der Waals surface area (Å²) < 4.78 is 7.59. The smallest absolute Gasteiger partial charge is 0.274 e. The second kappa shape index (κ2) is 8.03. The first kappa shape index (κ1) is 19.5. The molecule has 0 atom stereocenters. The molecule has 0 spiro atoms. The summed E-state index contributed by atoms with van der Waals surface area (Å²) in [5.41, 5.74) is 4.82. The highest BCUT2D eigenvalue weighted by atomic mass is 32.1. The summed E-state index contributed by atoms with van der Waals surface area (Å²) in [5, 5.41) is 6.59. The summed E-state index contributed by atoms with van der Waals surface area (Å²) in [5.74, 6) is 0.762. The molecule has 0 saturated heterocycles. The molecule has 1 amide bonds. The molecule has 2 aliphatic heterocycles. The van der Waals surface area contributed by atoms with Gasteiger partial charge in [-0.3, -0.25) is 9.69 Å². The van der Waals surface area contributed by atoms with Crippen LogP contribution in [0.15, 0.2) is 54.2 Å². The minimum Gasteiger partial charge on any atom is -0.491 e. The summed E-state index contributed by atoms with van der Waals surface area (Å²) in [6, 6.07) is 12.2. The maximum atomic E-state index is 13.2. The van der Waals surface area contributed by atoms with Crippen molar-refractivity contribution in [2.75, 3.05) is 19.7 Å². The Morgan fingerprint density at radius 3 is 3.03 bits per heavy atom. The average molecular weight is 446 g/mol. The number of fused-ring (bicyclic) bond motifs is 3. The Labute approximate surface area is 189 Å². The number of aromatic nitrogens is 3. The molecule has 4 aromatic rings. The maximum absolute atomic E-state index is 13.2. The van der Waals surface area contributed by atoms with E-state index in [0.29, 0.717) is 31.0 Å². The predicted molar refractivity (Wildman–Crippen MR) is 122 cm³/mol. The first-order valence-corrected chi connectivity index (χ1v) is 11.7. The van der Waals surface area contributed by atoms with Crippen LogP contribution in [0.2, 0.25) is 0 Å². The third-order valence-corrected chi connectivity index (χ3v) is 7.16. The van der Waals surface area contributed by atoms with Crippen molar-refractivity contribution in [3.8, 4) is 5.75 Å². The molecule has 0 aliphatic carbocycles. The van der Waals surface area contributed by atoms with Gasteiger partial charge in [0.2, 0.25) is 0 Å². The molecular formula is C24H23N5O2S. The Hall–Kier alpha value is -3.23. The van der Waals surface area contributed by atoms with Gasteiger partial charge < -0.3 is 9.64 Å². The van der Waals surface area contributed by atoms with Gasteiger partial charge in [0.1, 0.15) is 12.4 Å². The summed E-state index contributed by atoms with van der Waals surface area (Å²) in [6.45, 7) is 4.48. The first-order chi connectivity index (χ1) is 15.7. The third kappa shape index (κ3) is 3.65. The van der Waals surface area contributed by atoms with Gasteiger partial charge >= 0.3 is 0 Å². The topological polar surface area (TPSA) is 63.0 Å². The van der Waals surface area contributed by atoms with Crippen molar-refractivity contribution in [1.29, 1.82) is 0 Å². The molecule has 0 N–H and O–H groups in total. The van der Waals surface area contributed by atoms with Crippen molar-refractivity contribution < 1.29 is 9.53 Å². The summed E-state index contributed by atoms with van der Waals surface area (Å²) in [6.07, 6.45) is 4.62. The van der Waals surface area contributed by atoms with Crippen molar-refractivity contribution in [1.82, 2.24) is 24.4 Å². The molecule has 0 fully saturated rings. The third-order valence-electron chi connectivity index (χ3n) is 6.14. The molecule has 162 valence electrons. The van der Waals surface area contributed by atoms with E-state index in [9.17, 15) is 4.79 Å². The van der Waals surface area contributed by atoms with Crippen LogP contribution in [0.5, 0.6) is 5.75 Å². The molecular weight excluding hydrogens is 422 g/mol. The predicted octanol–water partition coefficient (Wildman–Crippen LogP) is 3.38. The number of ether oxygens (including phenoxy) is 1. The zero-order valence-electron chi connectivity index (χ0n) is 17.6. The number of rotatable bonds is 3. The largest absolute Gasteiger partial charge is 0.491 e. The molecule has 6 rings (SSSR count). The van der Waals surface area contributed by atoms with Crippen LogP contribution in [0.4, 0.5) is 0 Å². The van der Waals surface area contributed by atoms with E-state index in [1.165, 1.54) is 16.0 Å². The van der Waals surface area contributed by atoms with Gasteiger partial charge in [-0.05, 0) is 47.2 Å². The monoisotopic (exact) mass is 445 g/mol. The van der Waals surface area contributed by atoms with E-state index in [2.05, 4.69) is 38.6 Å². The van der Waals surface area contributed by atoms with Crippen LogP contribution in [-0.2, 0) is 26.1 Å². The van der Waals surface area contributed by atoms with E-state index in [0.717, 1.165) is 37.4 Å². The Balaban J connectivity index is 1.21. The SMILES string of the molecule is O=C(c1cc2ncccn2n1)N1CCOc2ccc(CN3CCc4sccc4C3)cc2C1. The van der Waals surface area contributed by atoms with Crippen LogP contribution in [0.3, 0.4) is 0 Å². The van der Waals surface area contributed by atoms with Gasteiger partial charge in [0.15, 0.2) is 11.3 Å². The minimum atomic E-state index is -0.0987.